The molecule has 0 spiro atoms. The van der Waals surface area contributed by atoms with Crippen LogP contribution in [0.15, 0.2) is 12.4 Å². The molecule has 1 rings (SSSR count). The Morgan fingerprint density at radius 3 is 3.06 bits per heavy atom. The third kappa shape index (κ3) is 6.01. The molecule has 17 heavy (non-hydrogen) atoms. The molecule has 3 N–H and O–H groups in total. The summed E-state index contributed by atoms with van der Waals surface area (Å²) in [6.07, 6.45) is 6.61. The van der Waals surface area contributed by atoms with Gasteiger partial charge in [0.25, 0.3) is 0 Å². The average molecular weight is 239 g/mol. The van der Waals surface area contributed by atoms with Gasteiger partial charge >= 0.3 is 0 Å². The second-order valence-electron chi connectivity index (χ2n) is 4.12. The highest BCUT2D eigenvalue weighted by molar-refractivity contribution is 5.76. The topological polar surface area (TPSA) is 85.8 Å². The highest BCUT2D eigenvalue weighted by Gasteiger charge is 2.07. The average Bonchev–Trinajstić information content (AvgIpc) is 2.77. The lowest BCUT2D eigenvalue weighted by Crippen LogP contribution is -2.32. The smallest absolute Gasteiger partial charge is 0.221 e. The van der Waals surface area contributed by atoms with Crippen molar-refractivity contribution in [3.05, 3.63) is 12.4 Å². The van der Waals surface area contributed by atoms with Gasteiger partial charge in [-0.15, -0.1) is 5.10 Å². The number of carbonyl (C=O) groups excluding carboxylic acids is 1. The van der Waals surface area contributed by atoms with E-state index in [2.05, 4.69) is 22.6 Å². The van der Waals surface area contributed by atoms with E-state index in [-0.39, 0.29) is 11.9 Å². The van der Waals surface area contributed by atoms with Crippen LogP contribution in [0.25, 0.3) is 0 Å². The number of carbonyl (C=O) groups is 1. The molecule has 0 aromatic carbocycles. The fourth-order valence-corrected chi connectivity index (χ4v) is 1.60. The Labute approximate surface area is 102 Å². The maximum absolute atomic E-state index is 11.5. The quantitative estimate of drug-likeness (QED) is 0.639. The third-order valence-electron chi connectivity index (χ3n) is 2.47. The maximum Gasteiger partial charge on any atom is 0.221 e. The predicted molar refractivity (Wildman–Crippen MR) is 65.1 cm³/mol. The van der Waals surface area contributed by atoms with Gasteiger partial charge < -0.3 is 11.1 Å². The van der Waals surface area contributed by atoms with Crippen LogP contribution in [0.3, 0.4) is 0 Å². The minimum Gasteiger partial charge on any atom is -0.356 e. The van der Waals surface area contributed by atoms with Crippen LogP contribution in [0.4, 0.5) is 0 Å². The van der Waals surface area contributed by atoms with Crippen molar-refractivity contribution in [3.8, 4) is 0 Å². The van der Waals surface area contributed by atoms with Crippen LogP contribution in [0, 0.1) is 0 Å². The predicted octanol–water partition coefficient (Wildman–Crippen LogP) is 0.302. The van der Waals surface area contributed by atoms with Gasteiger partial charge in [-0.05, 0) is 12.8 Å². The molecular weight excluding hydrogens is 218 g/mol. The number of aryl methyl sites for hydroxylation is 1. The normalized spacial score (nSPS) is 12.4. The summed E-state index contributed by atoms with van der Waals surface area (Å²) in [6.45, 7) is 3.48. The van der Waals surface area contributed by atoms with Crippen molar-refractivity contribution >= 4 is 5.91 Å². The third-order valence-corrected chi connectivity index (χ3v) is 2.47. The lowest BCUT2D eigenvalue weighted by Gasteiger charge is -2.10. The molecular formula is C11H21N5O. The van der Waals surface area contributed by atoms with Crippen molar-refractivity contribution in [1.29, 1.82) is 0 Å². The Kier molecular flexibility index (Phi) is 6.24. The van der Waals surface area contributed by atoms with Gasteiger partial charge in [-0.2, -0.15) is 0 Å². The van der Waals surface area contributed by atoms with Crippen molar-refractivity contribution in [2.45, 2.75) is 45.2 Å². The summed E-state index contributed by atoms with van der Waals surface area (Å²) in [4.78, 5) is 11.5. The van der Waals surface area contributed by atoms with Gasteiger partial charge in [0.15, 0.2) is 0 Å². The summed E-state index contributed by atoms with van der Waals surface area (Å²) in [5.74, 6) is 0.0320. The summed E-state index contributed by atoms with van der Waals surface area (Å²) in [7, 11) is 0. The largest absolute Gasteiger partial charge is 0.356 e. The van der Waals surface area contributed by atoms with Gasteiger partial charge in [0.05, 0.1) is 6.20 Å². The number of hydrogen-bond acceptors (Lipinski definition) is 4. The zero-order valence-electron chi connectivity index (χ0n) is 10.3. The SMILES string of the molecule is CCCC(N)CC(=O)NCCCn1ccnn1. The van der Waals surface area contributed by atoms with Gasteiger partial charge in [-0.1, -0.05) is 18.6 Å². The van der Waals surface area contributed by atoms with Gasteiger partial charge in [0.2, 0.25) is 5.91 Å². The summed E-state index contributed by atoms with van der Waals surface area (Å²) in [5.41, 5.74) is 5.78. The van der Waals surface area contributed by atoms with Gasteiger partial charge in [-0.3, -0.25) is 9.48 Å². The second-order valence-corrected chi connectivity index (χ2v) is 4.12. The Balaban J connectivity index is 2.04. The monoisotopic (exact) mass is 239 g/mol. The van der Waals surface area contributed by atoms with Crippen LogP contribution < -0.4 is 11.1 Å². The van der Waals surface area contributed by atoms with E-state index in [0.717, 1.165) is 25.8 Å². The first-order valence-electron chi connectivity index (χ1n) is 6.08. The molecule has 1 aromatic rings. The Bertz CT molecular complexity index is 312. The summed E-state index contributed by atoms with van der Waals surface area (Å²) in [5, 5.41) is 10.4. The first-order chi connectivity index (χ1) is 8.22. The Morgan fingerprint density at radius 2 is 2.41 bits per heavy atom. The summed E-state index contributed by atoms with van der Waals surface area (Å²) < 4.78 is 1.75. The molecule has 6 nitrogen and oxygen atoms in total. The minimum atomic E-state index is -0.0182. The van der Waals surface area contributed by atoms with Crippen molar-refractivity contribution in [1.82, 2.24) is 20.3 Å². The lowest BCUT2D eigenvalue weighted by atomic mass is 10.1. The van der Waals surface area contributed by atoms with Crippen LogP contribution in [0.2, 0.25) is 0 Å². The molecule has 1 atom stereocenters. The molecule has 1 heterocycles. The zero-order chi connectivity index (χ0) is 12.5. The molecule has 0 aliphatic rings. The van der Waals surface area contributed by atoms with E-state index in [1.807, 2.05) is 0 Å². The highest BCUT2D eigenvalue weighted by Crippen LogP contribution is 1.97. The maximum atomic E-state index is 11.5. The van der Waals surface area contributed by atoms with Crippen molar-refractivity contribution < 1.29 is 4.79 Å². The van der Waals surface area contributed by atoms with Crippen molar-refractivity contribution in [2.24, 2.45) is 5.73 Å². The van der Waals surface area contributed by atoms with Gasteiger partial charge in [0, 0.05) is 31.7 Å². The van der Waals surface area contributed by atoms with Crippen LogP contribution in [-0.4, -0.2) is 33.5 Å². The van der Waals surface area contributed by atoms with E-state index in [0.29, 0.717) is 13.0 Å². The molecule has 96 valence electrons. The molecule has 0 radical (unpaired) electrons. The molecule has 1 amide bonds. The van der Waals surface area contributed by atoms with Gasteiger partial charge in [0.1, 0.15) is 0 Å². The van der Waals surface area contributed by atoms with Crippen LogP contribution in [-0.2, 0) is 11.3 Å². The number of aromatic nitrogens is 3. The van der Waals surface area contributed by atoms with Crippen LogP contribution in [0.1, 0.15) is 32.6 Å². The van der Waals surface area contributed by atoms with Crippen LogP contribution >= 0.6 is 0 Å². The molecule has 0 fully saturated rings. The number of hydrogen-bond donors (Lipinski definition) is 2. The number of nitrogens with two attached hydrogens (primary N) is 1. The van der Waals surface area contributed by atoms with E-state index in [1.165, 1.54) is 0 Å². The van der Waals surface area contributed by atoms with Crippen molar-refractivity contribution in [3.63, 3.8) is 0 Å². The number of rotatable bonds is 8. The summed E-state index contributed by atoms with van der Waals surface area (Å²) >= 11 is 0. The van der Waals surface area contributed by atoms with Crippen LogP contribution in [0.5, 0.6) is 0 Å². The Morgan fingerprint density at radius 1 is 1.59 bits per heavy atom. The Hall–Kier alpha value is -1.43. The molecule has 0 bridgehead atoms. The number of nitrogens with one attached hydrogen (secondary N) is 1. The van der Waals surface area contributed by atoms with E-state index < -0.39 is 0 Å². The van der Waals surface area contributed by atoms with Crippen molar-refractivity contribution in [2.75, 3.05) is 6.54 Å². The summed E-state index contributed by atoms with van der Waals surface area (Å²) in [6, 6.07) is -0.0182. The highest BCUT2D eigenvalue weighted by atomic mass is 16.1. The molecule has 0 saturated carbocycles. The van der Waals surface area contributed by atoms with E-state index in [9.17, 15) is 4.79 Å². The molecule has 0 saturated heterocycles. The molecule has 0 aliphatic carbocycles. The van der Waals surface area contributed by atoms with E-state index >= 15 is 0 Å². The molecule has 1 aromatic heterocycles. The molecule has 6 heteroatoms. The molecule has 0 aliphatic heterocycles. The molecule has 1 unspecified atom stereocenters. The second kappa shape index (κ2) is 7.78. The fourth-order valence-electron chi connectivity index (χ4n) is 1.60. The first kappa shape index (κ1) is 13.6. The fraction of sp³-hybridized carbons (Fsp3) is 0.727. The zero-order valence-corrected chi connectivity index (χ0v) is 10.3. The number of amides is 1. The standard InChI is InChI=1S/C11H21N5O/c1-2-4-10(12)9-11(17)13-5-3-7-16-8-6-14-15-16/h6,8,10H,2-5,7,9,12H2,1H3,(H,13,17). The van der Waals surface area contributed by atoms with E-state index in [1.54, 1.807) is 17.1 Å². The lowest BCUT2D eigenvalue weighted by molar-refractivity contribution is -0.121. The minimum absolute atomic E-state index is 0.0182. The number of nitrogens with zero attached hydrogens (tertiary/aromatic N) is 3. The first-order valence-corrected chi connectivity index (χ1v) is 6.08. The van der Waals surface area contributed by atoms with E-state index in [4.69, 9.17) is 5.73 Å². The van der Waals surface area contributed by atoms with Gasteiger partial charge in [-0.25, -0.2) is 0 Å².